The summed E-state index contributed by atoms with van der Waals surface area (Å²) >= 11 is 0. The van der Waals surface area contributed by atoms with E-state index in [0.29, 0.717) is 19.5 Å². The van der Waals surface area contributed by atoms with Crippen LogP contribution in [-0.4, -0.2) is 36.0 Å². The Labute approximate surface area is 107 Å². The predicted molar refractivity (Wildman–Crippen MR) is 68.9 cm³/mol. The third-order valence-electron chi connectivity index (χ3n) is 3.39. The van der Waals surface area contributed by atoms with Gasteiger partial charge < -0.3 is 9.80 Å². The maximum absolute atomic E-state index is 12.0. The lowest BCUT2D eigenvalue weighted by Gasteiger charge is -2.18. The van der Waals surface area contributed by atoms with Crippen LogP contribution in [0.15, 0.2) is 24.3 Å². The van der Waals surface area contributed by atoms with Crippen LogP contribution < -0.4 is 0 Å². The van der Waals surface area contributed by atoms with Gasteiger partial charge in [0.05, 0.1) is 18.5 Å². The molecule has 1 heterocycles. The van der Waals surface area contributed by atoms with Crippen LogP contribution in [-0.2, 0) is 0 Å². The van der Waals surface area contributed by atoms with E-state index in [1.54, 1.807) is 9.80 Å². The van der Waals surface area contributed by atoms with Gasteiger partial charge in [0.1, 0.15) is 0 Å². The van der Waals surface area contributed by atoms with Crippen LogP contribution in [0.25, 0.3) is 0 Å². The number of amides is 2. The number of hydrogen-bond donors (Lipinski definition) is 0. The molecule has 2 amide bonds. The summed E-state index contributed by atoms with van der Waals surface area (Å²) in [5.41, 5.74) is 2.36. The molecule has 0 spiro atoms. The molecule has 0 aromatic heterocycles. The third kappa shape index (κ3) is 2.30. The molecule has 1 unspecified atom stereocenters. The van der Waals surface area contributed by atoms with E-state index in [2.05, 4.69) is 30.3 Å². The van der Waals surface area contributed by atoms with Gasteiger partial charge in [-0.2, -0.15) is 5.26 Å². The molecule has 1 aromatic rings. The van der Waals surface area contributed by atoms with Gasteiger partial charge in [-0.15, -0.1) is 0 Å². The van der Waals surface area contributed by atoms with Crippen molar-refractivity contribution in [2.24, 2.45) is 0 Å². The van der Waals surface area contributed by atoms with Crippen LogP contribution in [0, 0.1) is 18.3 Å². The van der Waals surface area contributed by atoms with Crippen molar-refractivity contribution in [1.82, 2.24) is 9.80 Å². The Kier molecular flexibility index (Phi) is 3.52. The first kappa shape index (κ1) is 12.4. The number of nitrogens with zero attached hydrogens (tertiary/aromatic N) is 3. The Balaban J connectivity index is 2.13. The molecule has 0 aliphatic carbocycles. The zero-order valence-corrected chi connectivity index (χ0v) is 10.8. The Morgan fingerprint density at radius 3 is 2.67 bits per heavy atom. The maximum Gasteiger partial charge on any atom is 0.320 e. The number of nitriles is 1. The lowest BCUT2D eigenvalue weighted by molar-refractivity contribution is 0.196. The molecule has 4 heteroatoms. The third-order valence-corrected chi connectivity index (χ3v) is 3.39. The highest BCUT2D eigenvalue weighted by atomic mass is 16.2. The summed E-state index contributed by atoms with van der Waals surface area (Å²) in [6, 6.07) is 10.4. The fourth-order valence-corrected chi connectivity index (χ4v) is 2.26. The molecule has 0 bridgehead atoms. The maximum atomic E-state index is 12.0. The zero-order chi connectivity index (χ0) is 13.1. The topological polar surface area (TPSA) is 47.3 Å². The molecule has 18 heavy (non-hydrogen) atoms. The second-order valence-corrected chi connectivity index (χ2v) is 4.67. The minimum absolute atomic E-state index is 0.0100. The summed E-state index contributed by atoms with van der Waals surface area (Å²) < 4.78 is 0. The van der Waals surface area contributed by atoms with E-state index in [4.69, 9.17) is 5.26 Å². The van der Waals surface area contributed by atoms with Crippen molar-refractivity contribution in [2.45, 2.75) is 19.4 Å². The van der Waals surface area contributed by atoms with Crippen molar-refractivity contribution >= 4 is 6.03 Å². The summed E-state index contributed by atoms with van der Waals surface area (Å²) in [4.78, 5) is 15.5. The van der Waals surface area contributed by atoms with Crippen molar-refractivity contribution < 1.29 is 4.79 Å². The minimum Gasteiger partial charge on any atom is -0.321 e. The molecule has 1 aliphatic heterocycles. The Hall–Kier alpha value is -2.02. The summed E-state index contributed by atoms with van der Waals surface area (Å²) in [6.07, 6.45) is 0.389. The number of rotatable bonds is 3. The van der Waals surface area contributed by atoms with Gasteiger partial charge in [-0.05, 0) is 12.5 Å². The fourth-order valence-electron chi connectivity index (χ4n) is 2.26. The highest BCUT2D eigenvalue weighted by Gasteiger charge is 2.34. The lowest BCUT2D eigenvalue weighted by Crippen LogP contribution is -2.30. The van der Waals surface area contributed by atoms with Crippen LogP contribution in [0.3, 0.4) is 0 Å². The second-order valence-electron chi connectivity index (χ2n) is 4.67. The van der Waals surface area contributed by atoms with Crippen LogP contribution in [0.1, 0.15) is 23.6 Å². The van der Waals surface area contributed by atoms with E-state index in [1.807, 2.05) is 14.0 Å². The second kappa shape index (κ2) is 5.09. The molecule has 94 valence electrons. The molecule has 1 aliphatic rings. The molecular formula is C14H17N3O. The highest BCUT2D eigenvalue weighted by Crippen LogP contribution is 2.28. The first-order chi connectivity index (χ1) is 8.63. The molecule has 2 rings (SSSR count). The average Bonchev–Trinajstić information content (AvgIpc) is 2.65. The van der Waals surface area contributed by atoms with Crippen molar-refractivity contribution in [3.63, 3.8) is 0 Å². The monoisotopic (exact) mass is 243 g/mol. The quantitative estimate of drug-likeness (QED) is 0.818. The van der Waals surface area contributed by atoms with E-state index in [0.717, 1.165) is 5.56 Å². The normalized spacial score (nSPS) is 19.2. The number of urea groups is 1. The first-order valence-electron chi connectivity index (χ1n) is 6.08. The minimum atomic E-state index is 0.0100. The van der Waals surface area contributed by atoms with Crippen LogP contribution in [0.4, 0.5) is 4.79 Å². The van der Waals surface area contributed by atoms with Crippen LogP contribution in [0.2, 0.25) is 0 Å². The molecule has 4 nitrogen and oxygen atoms in total. The lowest BCUT2D eigenvalue weighted by atomic mass is 10.1. The molecule has 1 saturated heterocycles. The predicted octanol–water partition coefficient (Wildman–Crippen LogP) is 2.32. The molecule has 0 radical (unpaired) electrons. The number of hydrogen-bond acceptors (Lipinski definition) is 2. The molecule has 0 N–H and O–H groups in total. The standard InChI is InChI=1S/C14H17N3O/c1-11-4-6-12(7-5-11)13-10-17(9-3-8-15)14(18)16(13)2/h4-7,13H,3,9-10H2,1-2H3. The number of benzene rings is 1. The van der Waals surface area contributed by atoms with Crippen molar-refractivity contribution in [3.8, 4) is 6.07 Å². The Bertz CT molecular complexity index is 475. The molecule has 0 saturated carbocycles. The van der Waals surface area contributed by atoms with Gasteiger partial charge in [0, 0.05) is 20.1 Å². The van der Waals surface area contributed by atoms with Gasteiger partial charge in [0.25, 0.3) is 0 Å². The summed E-state index contributed by atoms with van der Waals surface area (Å²) in [7, 11) is 1.82. The number of carbonyl (C=O) groups is 1. The summed E-state index contributed by atoms with van der Waals surface area (Å²) in [6.45, 7) is 3.23. The first-order valence-corrected chi connectivity index (χ1v) is 6.08. The van der Waals surface area contributed by atoms with Crippen molar-refractivity contribution in [3.05, 3.63) is 35.4 Å². The molecular weight excluding hydrogens is 226 g/mol. The summed E-state index contributed by atoms with van der Waals surface area (Å²) in [5.74, 6) is 0. The number of aryl methyl sites for hydroxylation is 1. The van der Waals surface area contributed by atoms with Gasteiger partial charge in [-0.25, -0.2) is 4.79 Å². The number of likely N-dealkylation sites (N-methyl/N-ethyl adjacent to an activating group) is 1. The van der Waals surface area contributed by atoms with Gasteiger partial charge >= 0.3 is 6.03 Å². The van der Waals surface area contributed by atoms with Gasteiger partial charge in [0.2, 0.25) is 0 Å². The Morgan fingerprint density at radius 2 is 2.06 bits per heavy atom. The highest BCUT2D eigenvalue weighted by molar-refractivity contribution is 5.77. The SMILES string of the molecule is Cc1ccc(C2CN(CCC#N)C(=O)N2C)cc1. The van der Waals surface area contributed by atoms with E-state index in [1.165, 1.54) is 5.56 Å². The zero-order valence-electron chi connectivity index (χ0n) is 10.8. The van der Waals surface area contributed by atoms with E-state index in [9.17, 15) is 4.79 Å². The van der Waals surface area contributed by atoms with Crippen LogP contribution in [0.5, 0.6) is 0 Å². The Morgan fingerprint density at radius 1 is 1.39 bits per heavy atom. The van der Waals surface area contributed by atoms with Gasteiger partial charge in [0.15, 0.2) is 0 Å². The van der Waals surface area contributed by atoms with E-state index in [-0.39, 0.29) is 12.1 Å². The van der Waals surface area contributed by atoms with Crippen molar-refractivity contribution in [1.29, 1.82) is 5.26 Å². The number of carbonyl (C=O) groups excluding carboxylic acids is 1. The molecule has 1 fully saturated rings. The largest absolute Gasteiger partial charge is 0.321 e. The fraction of sp³-hybridized carbons (Fsp3) is 0.429. The molecule has 1 atom stereocenters. The van der Waals surface area contributed by atoms with Gasteiger partial charge in [-0.1, -0.05) is 29.8 Å². The summed E-state index contributed by atoms with van der Waals surface area (Å²) in [5, 5.41) is 8.59. The van der Waals surface area contributed by atoms with Crippen LogP contribution >= 0.6 is 0 Å². The smallest absolute Gasteiger partial charge is 0.320 e. The van der Waals surface area contributed by atoms with Gasteiger partial charge in [-0.3, -0.25) is 0 Å². The average molecular weight is 243 g/mol. The van der Waals surface area contributed by atoms with Crippen molar-refractivity contribution in [2.75, 3.05) is 20.1 Å². The molecule has 1 aromatic carbocycles. The van der Waals surface area contributed by atoms with E-state index < -0.39 is 0 Å². The van der Waals surface area contributed by atoms with E-state index >= 15 is 0 Å².